The van der Waals surface area contributed by atoms with Crippen LogP contribution in [0.25, 0.3) is 0 Å². The molecule has 3 nitrogen and oxygen atoms in total. The molecule has 17 heavy (non-hydrogen) atoms. The first kappa shape index (κ1) is 13.2. The van der Waals surface area contributed by atoms with Crippen LogP contribution in [0.15, 0.2) is 0 Å². The molecule has 0 bridgehead atoms. The van der Waals surface area contributed by atoms with Crippen molar-refractivity contribution < 1.29 is 4.79 Å². The van der Waals surface area contributed by atoms with Crippen LogP contribution in [0.3, 0.4) is 0 Å². The molecule has 2 rings (SSSR count). The minimum Gasteiger partial charge on any atom is -0.341 e. The van der Waals surface area contributed by atoms with Crippen molar-refractivity contribution >= 4 is 17.5 Å². The van der Waals surface area contributed by atoms with Crippen molar-refractivity contribution in [1.82, 2.24) is 9.80 Å². The number of likely N-dealkylation sites (tertiary alicyclic amines) is 2. The molecule has 0 aliphatic carbocycles. The van der Waals surface area contributed by atoms with E-state index in [1.165, 1.54) is 32.4 Å². The number of nitrogens with zero attached hydrogens (tertiary/aromatic N) is 2. The zero-order valence-corrected chi connectivity index (χ0v) is 11.5. The Labute approximate surface area is 109 Å². The SMILES string of the molecule is CC(Cl)C(=O)N1CCC(N2CCCCC2)CC1. The summed E-state index contributed by atoms with van der Waals surface area (Å²) in [5.41, 5.74) is 0. The standard InChI is InChI=1S/C13H23ClN2O/c1-11(14)13(17)16-9-5-12(6-10-16)15-7-3-2-4-8-15/h11-12H,2-10H2,1H3. The summed E-state index contributed by atoms with van der Waals surface area (Å²) in [4.78, 5) is 16.3. The van der Waals surface area contributed by atoms with Gasteiger partial charge in [-0.1, -0.05) is 6.42 Å². The smallest absolute Gasteiger partial charge is 0.240 e. The van der Waals surface area contributed by atoms with Crippen LogP contribution in [-0.2, 0) is 4.79 Å². The number of carbonyl (C=O) groups is 1. The van der Waals surface area contributed by atoms with E-state index >= 15 is 0 Å². The summed E-state index contributed by atoms with van der Waals surface area (Å²) in [7, 11) is 0. The minimum absolute atomic E-state index is 0.101. The van der Waals surface area contributed by atoms with Crippen LogP contribution in [0.5, 0.6) is 0 Å². The Morgan fingerprint density at radius 1 is 1.12 bits per heavy atom. The molecule has 0 aromatic rings. The third-order valence-electron chi connectivity index (χ3n) is 4.02. The second-order valence-electron chi connectivity index (χ2n) is 5.27. The Morgan fingerprint density at radius 3 is 2.24 bits per heavy atom. The average molecular weight is 259 g/mol. The highest BCUT2D eigenvalue weighted by atomic mass is 35.5. The second kappa shape index (κ2) is 6.05. The van der Waals surface area contributed by atoms with Crippen LogP contribution in [0.4, 0.5) is 0 Å². The van der Waals surface area contributed by atoms with Crippen LogP contribution >= 0.6 is 11.6 Å². The lowest BCUT2D eigenvalue weighted by Gasteiger charge is -2.40. The molecule has 2 aliphatic heterocycles. The monoisotopic (exact) mass is 258 g/mol. The molecule has 4 heteroatoms. The Hall–Kier alpha value is -0.280. The quantitative estimate of drug-likeness (QED) is 0.708. The Morgan fingerprint density at radius 2 is 1.71 bits per heavy atom. The van der Waals surface area contributed by atoms with Crippen LogP contribution < -0.4 is 0 Å². The maximum Gasteiger partial charge on any atom is 0.240 e. The molecule has 2 aliphatic rings. The van der Waals surface area contributed by atoms with Gasteiger partial charge in [-0.15, -0.1) is 11.6 Å². The molecule has 2 heterocycles. The maximum absolute atomic E-state index is 11.8. The zero-order chi connectivity index (χ0) is 12.3. The Kier molecular flexibility index (Phi) is 4.69. The van der Waals surface area contributed by atoms with E-state index in [2.05, 4.69) is 4.90 Å². The van der Waals surface area contributed by atoms with Crippen LogP contribution in [-0.4, -0.2) is 53.3 Å². The van der Waals surface area contributed by atoms with E-state index in [4.69, 9.17) is 11.6 Å². The zero-order valence-electron chi connectivity index (χ0n) is 10.7. The highest BCUT2D eigenvalue weighted by Gasteiger charge is 2.28. The van der Waals surface area contributed by atoms with Gasteiger partial charge in [-0.25, -0.2) is 0 Å². The van der Waals surface area contributed by atoms with Gasteiger partial charge < -0.3 is 9.80 Å². The molecule has 0 radical (unpaired) electrons. The van der Waals surface area contributed by atoms with Gasteiger partial charge in [0.15, 0.2) is 0 Å². The fourth-order valence-electron chi connectivity index (χ4n) is 2.99. The predicted octanol–water partition coefficient (Wildman–Crippen LogP) is 2.09. The number of halogens is 1. The molecule has 1 amide bonds. The number of alkyl halides is 1. The van der Waals surface area contributed by atoms with E-state index < -0.39 is 0 Å². The largest absolute Gasteiger partial charge is 0.341 e. The van der Waals surface area contributed by atoms with E-state index in [0.29, 0.717) is 6.04 Å². The molecular weight excluding hydrogens is 236 g/mol. The topological polar surface area (TPSA) is 23.6 Å². The lowest BCUT2D eigenvalue weighted by molar-refractivity contribution is -0.132. The van der Waals surface area contributed by atoms with Gasteiger partial charge in [0.25, 0.3) is 0 Å². The van der Waals surface area contributed by atoms with Gasteiger partial charge in [0.2, 0.25) is 5.91 Å². The summed E-state index contributed by atoms with van der Waals surface area (Å²) in [5.74, 6) is 0.101. The van der Waals surface area contributed by atoms with Gasteiger partial charge in [-0.2, -0.15) is 0 Å². The van der Waals surface area contributed by atoms with Gasteiger partial charge >= 0.3 is 0 Å². The first-order valence-electron chi connectivity index (χ1n) is 6.85. The number of carbonyl (C=O) groups excluding carboxylic acids is 1. The lowest BCUT2D eigenvalue weighted by atomic mass is 10.00. The van der Waals surface area contributed by atoms with Gasteiger partial charge in [0.05, 0.1) is 0 Å². The first-order valence-corrected chi connectivity index (χ1v) is 7.29. The van der Waals surface area contributed by atoms with Gasteiger partial charge in [-0.05, 0) is 45.7 Å². The van der Waals surface area contributed by atoms with Crippen LogP contribution in [0.2, 0.25) is 0 Å². The summed E-state index contributed by atoms with van der Waals surface area (Å²) in [6, 6.07) is 0.699. The molecule has 0 spiro atoms. The molecule has 1 atom stereocenters. The van der Waals surface area contributed by atoms with E-state index in [1.807, 2.05) is 4.90 Å². The van der Waals surface area contributed by atoms with Crippen LogP contribution in [0, 0.1) is 0 Å². The Balaban J connectivity index is 1.79. The third kappa shape index (κ3) is 3.35. The molecule has 2 saturated heterocycles. The van der Waals surface area contributed by atoms with Crippen LogP contribution in [0.1, 0.15) is 39.0 Å². The normalized spacial score (nSPS) is 25.9. The number of rotatable bonds is 2. The molecule has 0 saturated carbocycles. The van der Waals surface area contributed by atoms with Crippen molar-refractivity contribution in [2.75, 3.05) is 26.2 Å². The molecule has 1 unspecified atom stereocenters. The maximum atomic E-state index is 11.8. The number of hydrogen-bond donors (Lipinski definition) is 0. The summed E-state index contributed by atoms with van der Waals surface area (Å²) in [5, 5.41) is -0.374. The summed E-state index contributed by atoms with van der Waals surface area (Å²) < 4.78 is 0. The number of amides is 1. The van der Waals surface area contributed by atoms with E-state index in [9.17, 15) is 4.79 Å². The van der Waals surface area contributed by atoms with Crippen molar-refractivity contribution in [2.45, 2.75) is 50.4 Å². The molecule has 0 aromatic carbocycles. The molecule has 0 aromatic heterocycles. The second-order valence-corrected chi connectivity index (χ2v) is 5.92. The number of hydrogen-bond acceptors (Lipinski definition) is 2. The molecular formula is C13H23ClN2O. The predicted molar refractivity (Wildman–Crippen MR) is 70.3 cm³/mol. The van der Waals surface area contributed by atoms with Crippen molar-refractivity contribution in [3.8, 4) is 0 Å². The van der Waals surface area contributed by atoms with Gasteiger partial charge in [0, 0.05) is 19.1 Å². The van der Waals surface area contributed by atoms with Crippen molar-refractivity contribution in [3.63, 3.8) is 0 Å². The minimum atomic E-state index is -0.374. The fraction of sp³-hybridized carbons (Fsp3) is 0.923. The molecule has 0 N–H and O–H groups in total. The fourth-order valence-corrected chi connectivity index (χ4v) is 3.12. The van der Waals surface area contributed by atoms with E-state index in [0.717, 1.165) is 25.9 Å². The molecule has 98 valence electrons. The molecule has 2 fully saturated rings. The summed E-state index contributed by atoms with van der Waals surface area (Å²) in [6.07, 6.45) is 6.32. The van der Waals surface area contributed by atoms with Crippen molar-refractivity contribution in [3.05, 3.63) is 0 Å². The van der Waals surface area contributed by atoms with Crippen molar-refractivity contribution in [1.29, 1.82) is 0 Å². The van der Waals surface area contributed by atoms with Crippen molar-refractivity contribution in [2.24, 2.45) is 0 Å². The first-order chi connectivity index (χ1) is 8.18. The van der Waals surface area contributed by atoms with Gasteiger partial charge in [-0.3, -0.25) is 4.79 Å². The average Bonchev–Trinajstić information content (AvgIpc) is 2.39. The summed E-state index contributed by atoms with van der Waals surface area (Å²) >= 11 is 5.85. The highest BCUT2D eigenvalue weighted by molar-refractivity contribution is 6.30. The third-order valence-corrected chi connectivity index (χ3v) is 4.21. The summed E-state index contributed by atoms with van der Waals surface area (Å²) in [6.45, 7) is 6.05. The van der Waals surface area contributed by atoms with E-state index in [1.54, 1.807) is 6.92 Å². The lowest BCUT2D eigenvalue weighted by Crippen LogP contribution is -2.49. The number of piperidine rings is 2. The van der Waals surface area contributed by atoms with E-state index in [-0.39, 0.29) is 11.3 Å². The van der Waals surface area contributed by atoms with Gasteiger partial charge in [0.1, 0.15) is 5.38 Å². The Bertz CT molecular complexity index is 256. The highest BCUT2D eigenvalue weighted by Crippen LogP contribution is 2.21.